The molecule has 1 aromatic carbocycles. The number of alkyl halides is 1. The molecule has 172 valence electrons. The van der Waals surface area contributed by atoms with Crippen molar-refractivity contribution in [3.05, 3.63) is 53.7 Å². The van der Waals surface area contributed by atoms with E-state index in [4.69, 9.17) is 9.47 Å². The summed E-state index contributed by atoms with van der Waals surface area (Å²) in [5, 5.41) is 6.15. The van der Waals surface area contributed by atoms with Crippen molar-refractivity contribution >= 4 is 21.1 Å². The van der Waals surface area contributed by atoms with Crippen molar-refractivity contribution in [3.8, 4) is 22.8 Å². The summed E-state index contributed by atoms with van der Waals surface area (Å²) in [6.45, 7) is 0.796. The van der Waals surface area contributed by atoms with Gasteiger partial charge in [0.2, 0.25) is 0 Å². The van der Waals surface area contributed by atoms with Crippen LogP contribution in [0, 0.1) is 5.82 Å². The molecule has 0 radical (unpaired) electrons. The summed E-state index contributed by atoms with van der Waals surface area (Å²) < 4.78 is 25.7. The molecule has 0 unspecified atom stereocenters. The molecule has 4 heterocycles. The van der Waals surface area contributed by atoms with E-state index < -0.39 is 27.0 Å². The monoisotopic (exact) mass is 563 g/mol. The summed E-state index contributed by atoms with van der Waals surface area (Å²) >= 11 is -0.869. The quantitative estimate of drug-likeness (QED) is 0.244. The number of aromatic nitrogens is 2. The third-order valence-electron chi connectivity index (χ3n) is 5.52. The van der Waals surface area contributed by atoms with Gasteiger partial charge in [0.15, 0.2) is 0 Å². The van der Waals surface area contributed by atoms with E-state index in [-0.39, 0.29) is 19.4 Å². The number of nitrogens with one attached hydrogen (secondary N) is 3. The number of amides is 1. The average Bonchev–Trinajstić information content (AvgIpc) is 3.18. The molecule has 5 rings (SSSR count). The fourth-order valence-corrected chi connectivity index (χ4v) is 6.78. The van der Waals surface area contributed by atoms with Crippen LogP contribution in [0.1, 0.15) is 32.8 Å². The fourth-order valence-electron chi connectivity index (χ4n) is 4.03. The number of hydrogen-bond acceptors (Lipinski definition) is 6. The molecule has 2 aromatic heterocycles. The number of ether oxygens (including phenoxy) is 2. The van der Waals surface area contributed by atoms with Crippen molar-refractivity contribution in [1.82, 2.24) is 15.3 Å². The van der Waals surface area contributed by atoms with E-state index in [1.54, 1.807) is 30.6 Å². The Morgan fingerprint density at radius 1 is 1.30 bits per heavy atom. The van der Waals surface area contributed by atoms with Crippen molar-refractivity contribution < 1.29 is 44.7 Å². The van der Waals surface area contributed by atoms with Gasteiger partial charge in [0, 0.05) is 0 Å². The Hall–Kier alpha value is -3.15. The van der Waals surface area contributed by atoms with Gasteiger partial charge in [-0.25, -0.2) is 0 Å². The van der Waals surface area contributed by atoms with Crippen LogP contribution >= 0.6 is 0 Å². The molecule has 33 heavy (non-hydrogen) atoms. The van der Waals surface area contributed by atoms with E-state index >= 15 is 0 Å². The molecular weight excluding hydrogens is 542 g/mol. The molecule has 2 aliphatic heterocycles. The third kappa shape index (κ3) is 4.03. The molecule has 8 nitrogen and oxygen atoms in total. The summed E-state index contributed by atoms with van der Waals surface area (Å²) in [6, 6.07) is 6.35. The zero-order valence-corrected chi connectivity index (χ0v) is 19.9. The van der Waals surface area contributed by atoms with Crippen molar-refractivity contribution in [3.63, 3.8) is 0 Å². The fraction of sp³-hybridized carbons (Fsp3) is 0.261. The minimum absolute atomic E-state index is 0.0397. The van der Waals surface area contributed by atoms with E-state index in [0.29, 0.717) is 59.9 Å². The van der Waals surface area contributed by atoms with Gasteiger partial charge in [0.25, 0.3) is 0 Å². The molecule has 0 spiro atoms. The predicted molar refractivity (Wildman–Crippen MR) is 115 cm³/mol. The maximum atomic E-state index is 14.4. The van der Waals surface area contributed by atoms with Gasteiger partial charge in [0.1, 0.15) is 0 Å². The Morgan fingerprint density at radius 3 is 3.03 bits per heavy atom. The van der Waals surface area contributed by atoms with Crippen LogP contribution in [0.5, 0.6) is 11.5 Å². The number of rotatable bonds is 3. The van der Waals surface area contributed by atoms with Gasteiger partial charge in [-0.2, -0.15) is 0 Å². The number of methoxy groups -OCH3 is 1. The van der Waals surface area contributed by atoms with Gasteiger partial charge in [-0.15, -0.1) is 0 Å². The Kier molecular flexibility index (Phi) is 5.92. The molecule has 0 fully saturated rings. The number of para-hydroxylation sites is 1. The van der Waals surface area contributed by atoms with E-state index in [2.05, 4.69) is 20.6 Å². The molecule has 3 N–H and O–H groups in total. The van der Waals surface area contributed by atoms with Gasteiger partial charge in [-0.05, 0) is 0 Å². The first-order valence-electron chi connectivity index (χ1n) is 10.4. The summed E-state index contributed by atoms with van der Waals surface area (Å²) in [7, 11) is 1.39. The molecule has 10 heteroatoms. The summed E-state index contributed by atoms with van der Waals surface area (Å²) in [6.07, 6.45) is 4.33. The number of benzene rings is 1. The van der Waals surface area contributed by atoms with Gasteiger partial charge < -0.3 is 0 Å². The summed E-state index contributed by atoms with van der Waals surface area (Å²) in [4.78, 5) is 33.2. The van der Waals surface area contributed by atoms with Crippen LogP contribution in [-0.2, 0) is 4.79 Å². The second kappa shape index (κ2) is 9.00. The Labute approximate surface area is 199 Å². The Balaban J connectivity index is 1.74. The number of pyridine rings is 1. The van der Waals surface area contributed by atoms with Gasteiger partial charge in [-0.3, -0.25) is 0 Å². The average molecular weight is 563 g/mol. The Morgan fingerprint density at radius 2 is 2.18 bits per heavy atom. The number of aromatic amines is 1. The number of hydrogen-bond donors (Lipinski definition) is 3. The number of H-pyrrole nitrogens is 1. The number of carbonyl (C=O) groups is 2. The Bertz CT molecular complexity index is 1250. The number of carbonyl (C=O) groups excluding carboxylic acids is 2. The van der Waals surface area contributed by atoms with E-state index in [9.17, 15) is 14.0 Å². The normalized spacial score (nSPS) is 17.9. The van der Waals surface area contributed by atoms with Crippen LogP contribution in [0.3, 0.4) is 0 Å². The molecule has 1 amide bonds. The second-order valence-electron chi connectivity index (χ2n) is 7.57. The number of fused-ring (bicyclic) bond motifs is 3. The topological polar surface area (TPSA) is 105 Å². The van der Waals surface area contributed by atoms with Crippen molar-refractivity contribution in [2.45, 2.75) is 16.8 Å². The first-order valence-corrected chi connectivity index (χ1v) is 12.8. The molecule has 2 bridgehead atoms. The molecule has 1 atom stereocenters. The van der Waals surface area contributed by atoms with Crippen LogP contribution in [0.25, 0.3) is 11.3 Å². The summed E-state index contributed by atoms with van der Waals surface area (Å²) in [5.74, 6) is -0.210. The molecular formula is C23H21FIN4O4-. The number of halogens is 2. The van der Waals surface area contributed by atoms with Gasteiger partial charge in [0.05, 0.1) is 0 Å². The van der Waals surface area contributed by atoms with Crippen molar-refractivity contribution in [2.75, 3.05) is 25.6 Å². The zero-order valence-electron chi connectivity index (χ0n) is 17.7. The number of anilines is 2. The van der Waals surface area contributed by atoms with Crippen LogP contribution in [0.4, 0.5) is 15.8 Å². The van der Waals surface area contributed by atoms with Gasteiger partial charge >= 0.3 is 200 Å². The van der Waals surface area contributed by atoms with E-state index in [0.717, 1.165) is 5.69 Å². The van der Waals surface area contributed by atoms with Gasteiger partial charge in [-0.1, -0.05) is 0 Å². The van der Waals surface area contributed by atoms with Crippen molar-refractivity contribution in [1.29, 1.82) is 0 Å². The SMILES string of the molecule is COc1c(F)cccc1Nc1c2[nH]c3c1C(=O)NC[C@H]3[I-]C(=O)CCCOc1cnccc1-2. The predicted octanol–water partition coefficient (Wildman–Crippen LogP) is 0.541. The second-order valence-corrected chi connectivity index (χ2v) is 10.9. The summed E-state index contributed by atoms with van der Waals surface area (Å²) in [5.41, 5.74) is 3.32. The van der Waals surface area contributed by atoms with Crippen molar-refractivity contribution in [2.24, 2.45) is 0 Å². The maximum absolute atomic E-state index is 14.4. The van der Waals surface area contributed by atoms with E-state index in [1.807, 2.05) is 0 Å². The zero-order chi connectivity index (χ0) is 22.9. The third-order valence-corrected chi connectivity index (χ3v) is 8.57. The standard InChI is InChI=1S/C23H21FIN4O4/c1-32-22-13(24)4-2-5-15(22)28-21-18-20-14(10-27-23(18)31)25-17(30)6-3-9-33-16-11-26-8-7-12(16)19(21)29-20/h2,4-5,7-8,11,14,28-29H,3,6,9-10H2,1H3,(H,27,31)/q-1/t14-/m1/s1. The minimum atomic E-state index is -0.869. The molecule has 3 aromatic rings. The molecule has 0 aliphatic carbocycles. The molecule has 0 saturated carbocycles. The first kappa shape index (κ1) is 21.7. The molecule has 0 saturated heterocycles. The van der Waals surface area contributed by atoms with Crippen LogP contribution in [0.15, 0.2) is 36.7 Å². The van der Waals surface area contributed by atoms with Crippen LogP contribution < -0.4 is 41.3 Å². The number of nitrogens with zero attached hydrogens (tertiary/aromatic N) is 1. The molecule has 2 aliphatic rings. The first-order chi connectivity index (χ1) is 16.1. The van der Waals surface area contributed by atoms with Crippen LogP contribution in [0.2, 0.25) is 0 Å². The van der Waals surface area contributed by atoms with E-state index in [1.165, 1.54) is 13.2 Å². The van der Waals surface area contributed by atoms with Crippen LogP contribution in [-0.4, -0.2) is 39.9 Å².